The molecular formula is C20H22Cl2N4O3. The van der Waals surface area contributed by atoms with Crippen molar-refractivity contribution in [2.45, 2.75) is 32.8 Å². The van der Waals surface area contributed by atoms with Crippen LogP contribution in [-0.2, 0) is 14.3 Å². The fourth-order valence-electron chi connectivity index (χ4n) is 3.29. The summed E-state index contributed by atoms with van der Waals surface area (Å²) in [7, 11) is 0. The number of halogens is 2. The smallest absolute Gasteiger partial charge is 0.329 e. The third kappa shape index (κ3) is 5.38. The van der Waals surface area contributed by atoms with Gasteiger partial charge in [-0.05, 0) is 51.0 Å². The molecule has 1 aliphatic rings. The molecule has 1 aromatic heterocycles. The van der Waals surface area contributed by atoms with Gasteiger partial charge in [-0.1, -0.05) is 23.2 Å². The molecule has 1 saturated heterocycles. The summed E-state index contributed by atoms with van der Waals surface area (Å²) in [4.78, 5) is 23.7. The lowest BCUT2D eigenvalue weighted by atomic mass is 10.2. The van der Waals surface area contributed by atoms with Crippen molar-refractivity contribution < 1.29 is 14.3 Å². The highest BCUT2D eigenvalue weighted by Crippen LogP contribution is 2.26. The normalized spacial score (nSPS) is 16.3. The lowest BCUT2D eigenvalue weighted by Gasteiger charge is -2.10. The zero-order valence-corrected chi connectivity index (χ0v) is 17.7. The van der Waals surface area contributed by atoms with Crippen LogP contribution in [0, 0.1) is 13.8 Å². The minimum absolute atomic E-state index is 0.0272. The molecule has 9 heteroatoms. The predicted octanol–water partition coefficient (Wildman–Crippen LogP) is 3.15. The highest BCUT2D eigenvalue weighted by atomic mass is 35.5. The van der Waals surface area contributed by atoms with E-state index in [4.69, 9.17) is 27.9 Å². The van der Waals surface area contributed by atoms with Crippen LogP contribution in [0.25, 0.3) is 5.69 Å². The van der Waals surface area contributed by atoms with Crippen LogP contribution in [0.2, 0.25) is 10.0 Å². The first kappa shape index (κ1) is 21.4. The predicted molar refractivity (Wildman–Crippen MR) is 113 cm³/mol. The van der Waals surface area contributed by atoms with E-state index in [2.05, 4.69) is 15.8 Å². The first-order chi connectivity index (χ1) is 13.8. The molecule has 1 aromatic carbocycles. The van der Waals surface area contributed by atoms with E-state index in [1.54, 1.807) is 6.07 Å². The molecule has 154 valence electrons. The SMILES string of the molecule is Cc1cc(/C=N\NC(=O)C(=O)NC[C@H]2CCCO2)c(C)n1-c1cc(Cl)cc(Cl)c1. The number of hydrogen-bond donors (Lipinski definition) is 2. The number of ether oxygens (including phenoxy) is 1. The van der Waals surface area contributed by atoms with E-state index in [1.807, 2.05) is 36.6 Å². The zero-order valence-electron chi connectivity index (χ0n) is 16.2. The molecule has 2 heterocycles. The number of nitrogens with one attached hydrogen (secondary N) is 2. The van der Waals surface area contributed by atoms with Crippen molar-refractivity contribution in [2.24, 2.45) is 5.10 Å². The summed E-state index contributed by atoms with van der Waals surface area (Å²) < 4.78 is 7.39. The molecule has 3 rings (SSSR count). The summed E-state index contributed by atoms with van der Waals surface area (Å²) in [6.07, 6.45) is 3.32. The summed E-state index contributed by atoms with van der Waals surface area (Å²) in [5, 5.41) is 7.53. The Labute approximate surface area is 179 Å². The number of rotatable bonds is 5. The fourth-order valence-corrected chi connectivity index (χ4v) is 3.80. The Kier molecular flexibility index (Phi) is 6.95. The number of benzene rings is 1. The van der Waals surface area contributed by atoms with Crippen LogP contribution in [0.5, 0.6) is 0 Å². The quantitative estimate of drug-likeness (QED) is 0.428. The molecule has 0 unspecified atom stereocenters. The van der Waals surface area contributed by atoms with Crippen molar-refractivity contribution >= 4 is 41.2 Å². The van der Waals surface area contributed by atoms with Crippen molar-refractivity contribution in [1.82, 2.24) is 15.3 Å². The van der Waals surface area contributed by atoms with E-state index in [0.29, 0.717) is 23.2 Å². The zero-order chi connectivity index (χ0) is 21.0. The second-order valence-electron chi connectivity index (χ2n) is 6.83. The maximum Gasteiger partial charge on any atom is 0.329 e. The van der Waals surface area contributed by atoms with Crippen molar-refractivity contribution in [3.05, 3.63) is 51.3 Å². The van der Waals surface area contributed by atoms with E-state index in [0.717, 1.165) is 35.5 Å². The van der Waals surface area contributed by atoms with E-state index in [9.17, 15) is 9.59 Å². The van der Waals surface area contributed by atoms with Crippen LogP contribution < -0.4 is 10.7 Å². The van der Waals surface area contributed by atoms with E-state index in [1.165, 1.54) is 6.21 Å². The lowest BCUT2D eigenvalue weighted by molar-refractivity contribution is -0.139. The van der Waals surface area contributed by atoms with E-state index < -0.39 is 11.8 Å². The number of aryl methyl sites for hydroxylation is 1. The van der Waals surface area contributed by atoms with Crippen LogP contribution >= 0.6 is 23.2 Å². The van der Waals surface area contributed by atoms with E-state index >= 15 is 0 Å². The van der Waals surface area contributed by atoms with Gasteiger partial charge in [0.25, 0.3) is 0 Å². The first-order valence-electron chi connectivity index (χ1n) is 9.23. The van der Waals surface area contributed by atoms with Crippen molar-refractivity contribution in [3.63, 3.8) is 0 Å². The van der Waals surface area contributed by atoms with Crippen LogP contribution in [0.1, 0.15) is 29.8 Å². The van der Waals surface area contributed by atoms with Crippen LogP contribution in [-0.4, -0.2) is 41.9 Å². The van der Waals surface area contributed by atoms with Gasteiger partial charge < -0.3 is 14.6 Å². The van der Waals surface area contributed by atoms with Gasteiger partial charge in [-0.15, -0.1) is 0 Å². The minimum Gasteiger partial charge on any atom is -0.376 e. The van der Waals surface area contributed by atoms with Crippen LogP contribution in [0.3, 0.4) is 0 Å². The van der Waals surface area contributed by atoms with Gasteiger partial charge in [0.1, 0.15) is 0 Å². The standard InChI is InChI=1S/C20H22Cl2N4O3/c1-12-6-14(13(2)26(12)17-8-15(21)7-16(22)9-17)10-24-25-20(28)19(27)23-11-18-4-3-5-29-18/h6-10,18H,3-5,11H2,1-2H3,(H,23,27)(H,25,28)/b24-10-/t18-/m1/s1. The molecule has 2 amide bonds. The number of nitrogens with zero attached hydrogens (tertiary/aromatic N) is 2. The number of amides is 2. The second kappa shape index (κ2) is 9.43. The number of carbonyl (C=O) groups excluding carboxylic acids is 2. The first-order valence-corrected chi connectivity index (χ1v) is 9.99. The average Bonchev–Trinajstić information content (AvgIpc) is 3.27. The molecule has 1 fully saturated rings. The molecular weight excluding hydrogens is 415 g/mol. The van der Waals surface area contributed by atoms with Gasteiger partial charge >= 0.3 is 11.8 Å². The second-order valence-corrected chi connectivity index (χ2v) is 7.71. The highest BCUT2D eigenvalue weighted by Gasteiger charge is 2.19. The molecule has 2 aromatic rings. The Morgan fingerprint density at radius 2 is 1.93 bits per heavy atom. The maximum absolute atomic E-state index is 11.9. The molecule has 1 aliphatic heterocycles. The van der Waals surface area contributed by atoms with Gasteiger partial charge in [0.05, 0.1) is 12.3 Å². The van der Waals surface area contributed by atoms with Gasteiger partial charge in [0.15, 0.2) is 0 Å². The lowest BCUT2D eigenvalue weighted by Crippen LogP contribution is -2.41. The number of carbonyl (C=O) groups is 2. The Bertz CT molecular complexity index is 929. The molecule has 0 aliphatic carbocycles. The van der Waals surface area contributed by atoms with Crippen molar-refractivity contribution in [1.29, 1.82) is 0 Å². The summed E-state index contributed by atoms with van der Waals surface area (Å²) in [5.41, 5.74) is 5.70. The molecule has 1 atom stereocenters. The third-order valence-corrected chi connectivity index (χ3v) is 5.10. The largest absolute Gasteiger partial charge is 0.376 e. The average molecular weight is 437 g/mol. The molecule has 0 bridgehead atoms. The molecule has 0 spiro atoms. The topological polar surface area (TPSA) is 84.7 Å². The fraction of sp³-hybridized carbons (Fsp3) is 0.350. The third-order valence-electron chi connectivity index (χ3n) is 4.67. The van der Waals surface area contributed by atoms with Crippen LogP contribution in [0.15, 0.2) is 29.4 Å². The molecule has 0 saturated carbocycles. The molecule has 29 heavy (non-hydrogen) atoms. The van der Waals surface area contributed by atoms with Gasteiger partial charge in [-0.25, -0.2) is 5.43 Å². The van der Waals surface area contributed by atoms with Gasteiger partial charge in [0, 0.05) is 45.8 Å². The van der Waals surface area contributed by atoms with Gasteiger partial charge in [-0.2, -0.15) is 5.10 Å². The minimum atomic E-state index is -0.824. The summed E-state index contributed by atoms with van der Waals surface area (Å²) >= 11 is 12.2. The highest BCUT2D eigenvalue weighted by molar-refractivity contribution is 6.35. The van der Waals surface area contributed by atoms with Gasteiger partial charge in [-0.3, -0.25) is 9.59 Å². The Morgan fingerprint density at radius 1 is 1.21 bits per heavy atom. The van der Waals surface area contributed by atoms with Gasteiger partial charge in [0.2, 0.25) is 0 Å². The Morgan fingerprint density at radius 3 is 2.59 bits per heavy atom. The number of hydrazone groups is 1. The summed E-state index contributed by atoms with van der Waals surface area (Å²) in [6, 6.07) is 7.21. The Hall–Kier alpha value is -2.35. The molecule has 0 radical (unpaired) electrons. The van der Waals surface area contributed by atoms with Crippen molar-refractivity contribution in [3.8, 4) is 5.69 Å². The summed E-state index contributed by atoms with van der Waals surface area (Å²) in [6.45, 7) is 4.87. The van der Waals surface area contributed by atoms with Crippen LogP contribution in [0.4, 0.5) is 0 Å². The monoisotopic (exact) mass is 436 g/mol. The maximum atomic E-state index is 11.9. The molecule has 7 nitrogen and oxygen atoms in total. The van der Waals surface area contributed by atoms with Crippen molar-refractivity contribution in [2.75, 3.05) is 13.2 Å². The summed E-state index contributed by atoms with van der Waals surface area (Å²) in [5.74, 6) is -1.56. The Balaban J connectivity index is 1.63. The number of aromatic nitrogens is 1. The van der Waals surface area contributed by atoms with E-state index in [-0.39, 0.29) is 6.10 Å². The number of hydrogen-bond acceptors (Lipinski definition) is 4. The molecule has 2 N–H and O–H groups in total.